The Morgan fingerprint density at radius 1 is 1.16 bits per heavy atom. The summed E-state index contributed by atoms with van der Waals surface area (Å²) in [5, 5.41) is 17.5. The minimum absolute atomic E-state index is 0.0633. The van der Waals surface area contributed by atoms with E-state index < -0.39 is 24.3 Å². The van der Waals surface area contributed by atoms with Gasteiger partial charge < -0.3 is 25.0 Å². The number of aryl methyl sites for hydroxylation is 1. The molecule has 0 aromatic carbocycles. The van der Waals surface area contributed by atoms with E-state index in [9.17, 15) is 26.3 Å². The second-order valence-electron chi connectivity index (χ2n) is 7.04. The molecule has 182 valence electrons. The van der Waals surface area contributed by atoms with Crippen LogP contribution in [0.5, 0.6) is 0 Å². The molecular weight excluding hydrogens is 454 g/mol. The van der Waals surface area contributed by atoms with Crippen molar-refractivity contribution in [1.29, 1.82) is 0 Å². The second kappa shape index (κ2) is 11.4. The molecule has 1 spiro atoms. The van der Waals surface area contributed by atoms with Crippen LogP contribution in [0, 0.1) is 6.92 Å². The molecule has 1 unspecified atom stereocenters. The van der Waals surface area contributed by atoms with Crippen molar-refractivity contribution < 1.29 is 55.6 Å². The Bertz CT molecular complexity index is 743. The Hall–Kier alpha value is -2.45. The molecule has 32 heavy (non-hydrogen) atoms. The first-order valence-electron chi connectivity index (χ1n) is 9.12. The van der Waals surface area contributed by atoms with Gasteiger partial charge in [-0.3, -0.25) is 4.98 Å². The highest BCUT2D eigenvalue weighted by Crippen LogP contribution is 2.30. The normalized spacial score (nSPS) is 19.5. The fourth-order valence-corrected chi connectivity index (χ4v) is 2.69. The molecule has 8 nitrogen and oxygen atoms in total. The van der Waals surface area contributed by atoms with Gasteiger partial charge in [0.05, 0.1) is 18.3 Å². The third-order valence-corrected chi connectivity index (χ3v) is 4.24. The van der Waals surface area contributed by atoms with Gasteiger partial charge in [-0.2, -0.15) is 26.3 Å². The Morgan fingerprint density at radius 2 is 1.69 bits per heavy atom. The van der Waals surface area contributed by atoms with Gasteiger partial charge in [-0.15, -0.1) is 0 Å². The summed E-state index contributed by atoms with van der Waals surface area (Å²) in [5.41, 5.74) is 2.40. The summed E-state index contributed by atoms with van der Waals surface area (Å²) in [6.45, 7) is 5.47. The van der Waals surface area contributed by atoms with Crippen LogP contribution < -0.4 is 5.32 Å². The molecule has 0 saturated carbocycles. The van der Waals surface area contributed by atoms with Crippen molar-refractivity contribution in [3.63, 3.8) is 0 Å². The summed E-state index contributed by atoms with van der Waals surface area (Å²) in [5.74, 6) is -5.51. The lowest BCUT2D eigenvalue weighted by Gasteiger charge is -2.47. The summed E-state index contributed by atoms with van der Waals surface area (Å²) < 4.78 is 75.3. The third kappa shape index (κ3) is 9.78. The van der Waals surface area contributed by atoms with Crippen molar-refractivity contribution in [3.8, 4) is 0 Å². The van der Waals surface area contributed by atoms with Gasteiger partial charge in [-0.05, 0) is 24.5 Å². The van der Waals surface area contributed by atoms with Crippen LogP contribution in [0.1, 0.15) is 24.0 Å². The fourth-order valence-electron chi connectivity index (χ4n) is 2.69. The number of pyridine rings is 1. The molecule has 2 aliphatic rings. The van der Waals surface area contributed by atoms with Crippen LogP contribution in [0.15, 0.2) is 18.5 Å². The maximum absolute atomic E-state index is 10.6. The van der Waals surface area contributed by atoms with Crippen LogP contribution in [-0.4, -0.2) is 70.9 Å². The first-order valence-corrected chi connectivity index (χ1v) is 9.12. The number of hydrogen-bond donors (Lipinski definition) is 3. The number of halogens is 6. The molecular formula is C18H22F6N2O6. The predicted molar refractivity (Wildman–Crippen MR) is 95.7 cm³/mol. The standard InChI is InChI=1S/C14H20N2O2.2C2HF3O2/c1-11-4-12(7-15-6-11)8-17-13-2-3-18-14(5-13)9-16-10-14;2*3-2(4,5)1(6)7/h4,6-7,13,16H,2-3,5,8-10H2,1H3;2*(H,6,7). The topological polar surface area (TPSA) is 118 Å². The molecule has 3 N–H and O–H groups in total. The molecule has 2 aliphatic heterocycles. The lowest BCUT2D eigenvalue weighted by molar-refractivity contribution is -0.193. The van der Waals surface area contributed by atoms with Crippen LogP contribution in [0.3, 0.4) is 0 Å². The number of carbonyl (C=O) groups is 2. The lowest BCUT2D eigenvalue weighted by Crippen LogP contribution is -2.64. The van der Waals surface area contributed by atoms with Gasteiger partial charge in [0.25, 0.3) is 0 Å². The van der Waals surface area contributed by atoms with E-state index in [2.05, 4.69) is 23.3 Å². The van der Waals surface area contributed by atoms with Gasteiger partial charge in [0, 0.05) is 38.5 Å². The van der Waals surface area contributed by atoms with Gasteiger partial charge in [0.15, 0.2) is 0 Å². The van der Waals surface area contributed by atoms with Gasteiger partial charge in [0.1, 0.15) is 0 Å². The molecule has 0 amide bonds. The van der Waals surface area contributed by atoms with E-state index in [0.717, 1.165) is 38.1 Å². The first kappa shape index (κ1) is 27.6. The summed E-state index contributed by atoms with van der Waals surface area (Å²) in [4.78, 5) is 22.0. The minimum Gasteiger partial charge on any atom is -0.475 e. The van der Waals surface area contributed by atoms with Crippen molar-refractivity contribution in [1.82, 2.24) is 10.3 Å². The van der Waals surface area contributed by atoms with Crippen molar-refractivity contribution in [2.75, 3.05) is 19.7 Å². The van der Waals surface area contributed by atoms with Crippen molar-refractivity contribution in [2.24, 2.45) is 0 Å². The SMILES string of the molecule is Cc1cncc(COC2CCOC3(CNC3)C2)c1.O=C(O)C(F)(F)F.O=C(O)C(F)(F)F. The van der Waals surface area contributed by atoms with E-state index >= 15 is 0 Å². The summed E-state index contributed by atoms with van der Waals surface area (Å²) in [6.07, 6.45) is -4.08. The largest absolute Gasteiger partial charge is 0.490 e. The van der Waals surface area contributed by atoms with Crippen molar-refractivity contribution in [2.45, 2.75) is 50.4 Å². The number of aliphatic carboxylic acids is 2. The van der Waals surface area contributed by atoms with Gasteiger partial charge in [0.2, 0.25) is 0 Å². The van der Waals surface area contributed by atoms with Crippen molar-refractivity contribution in [3.05, 3.63) is 29.6 Å². The number of nitrogens with zero attached hydrogens (tertiary/aromatic N) is 1. The molecule has 0 aliphatic carbocycles. The number of carboxylic acids is 2. The van der Waals surface area contributed by atoms with Crippen LogP contribution in [0.4, 0.5) is 26.3 Å². The van der Waals surface area contributed by atoms with Gasteiger partial charge >= 0.3 is 24.3 Å². The molecule has 3 rings (SSSR count). The van der Waals surface area contributed by atoms with E-state index in [1.165, 1.54) is 5.56 Å². The van der Waals surface area contributed by atoms with Crippen LogP contribution in [0.2, 0.25) is 0 Å². The average molecular weight is 476 g/mol. The van der Waals surface area contributed by atoms with E-state index in [0.29, 0.717) is 12.7 Å². The molecule has 0 radical (unpaired) electrons. The van der Waals surface area contributed by atoms with E-state index in [-0.39, 0.29) is 5.60 Å². The molecule has 3 heterocycles. The summed E-state index contributed by atoms with van der Waals surface area (Å²) in [7, 11) is 0. The summed E-state index contributed by atoms with van der Waals surface area (Å²) >= 11 is 0. The molecule has 0 bridgehead atoms. The number of ether oxygens (including phenoxy) is 2. The van der Waals surface area contributed by atoms with Gasteiger partial charge in [-0.1, -0.05) is 6.07 Å². The Balaban J connectivity index is 0.000000305. The monoisotopic (exact) mass is 476 g/mol. The Labute approximate surface area is 178 Å². The van der Waals surface area contributed by atoms with E-state index in [1.54, 1.807) is 0 Å². The van der Waals surface area contributed by atoms with Crippen LogP contribution in [0.25, 0.3) is 0 Å². The van der Waals surface area contributed by atoms with E-state index in [1.807, 2.05) is 12.4 Å². The average Bonchev–Trinajstić information content (AvgIpc) is 2.65. The third-order valence-electron chi connectivity index (χ3n) is 4.24. The first-order chi connectivity index (χ1) is 14.6. The molecule has 2 fully saturated rings. The number of rotatable bonds is 3. The Kier molecular flexibility index (Phi) is 9.85. The Morgan fingerprint density at radius 3 is 2.09 bits per heavy atom. The number of hydrogen-bond acceptors (Lipinski definition) is 6. The number of carboxylic acid groups (broad SMARTS) is 2. The zero-order valence-electron chi connectivity index (χ0n) is 16.8. The minimum atomic E-state index is -5.08. The van der Waals surface area contributed by atoms with E-state index in [4.69, 9.17) is 29.3 Å². The zero-order valence-corrected chi connectivity index (χ0v) is 16.8. The highest BCUT2D eigenvalue weighted by molar-refractivity contribution is 5.73. The molecule has 1 atom stereocenters. The van der Waals surface area contributed by atoms with Crippen molar-refractivity contribution >= 4 is 11.9 Å². The number of aromatic nitrogens is 1. The smallest absolute Gasteiger partial charge is 0.475 e. The molecule has 1 aromatic heterocycles. The molecule has 14 heteroatoms. The second-order valence-corrected chi connectivity index (χ2v) is 7.04. The quantitative estimate of drug-likeness (QED) is 0.570. The lowest BCUT2D eigenvalue weighted by atomic mass is 9.87. The maximum Gasteiger partial charge on any atom is 0.490 e. The van der Waals surface area contributed by atoms with Crippen LogP contribution >= 0.6 is 0 Å². The maximum atomic E-state index is 10.6. The van der Waals surface area contributed by atoms with Crippen LogP contribution in [-0.2, 0) is 25.7 Å². The highest BCUT2D eigenvalue weighted by atomic mass is 19.4. The predicted octanol–water partition coefficient (Wildman–Crippen LogP) is 2.69. The zero-order chi connectivity index (χ0) is 24.6. The van der Waals surface area contributed by atoms with Gasteiger partial charge in [-0.25, -0.2) is 9.59 Å². The highest BCUT2D eigenvalue weighted by Gasteiger charge is 2.43. The molecule has 1 aromatic rings. The molecule has 2 saturated heterocycles. The summed E-state index contributed by atoms with van der Waals surface area (Å²) in [6, 6.07) is 2.13. The number of alkyl halides is 6. The number of nitrogens with one attached hydrogen (secondary N) is 1. The fraction of sp³-hybridized carbons (Fsp3) is 0.611.